The molecule has 0 unspecified atom stereocenters. The second-order valence-corrected chi connectivity index (χ2v) is 4.85. The molecule has 0 aliphatic carbocycles. The van der Waals surface area contributed by atoms with Crippen LogP contribution in [0.3, 0.4) is 0 Å². The maximum absolute atomic E-state index is 12.5. The molecule has 1 amide bonds. The summed E-state index contributed by atoms with van der Waals surface area (Å²) < 4.78 is 0. The Morgan fingerprint density at radius 1 is 1.24 bits per heavy atom. The van der Waals surface area contributed by atoms with Crippen LogP contribution in [0, 0.1) is 6.92 Å². The zero-order valence-electron chi connectivity index (χ0n) is 11.9. The standard InChI is InChI=1S/C16H18N2O3/c1-12-9-14(10-15(20)17-12)16(21)18(7-8-19)11-13-5-3-2-4-6-13/h2-6,9-10,19H,7-8,11H2,1H3,(H,17,20). The highest BCUT2D eigenvalue weighted by Crippen LogP contribution is 2.09. The lowest BCUT2D eigenvalue weighted by atomic mass is 10.1. The molecule has 5 heteroatoms. The summed E-state index contributed by atoms with van der Waals surface area (Å²) in [6.07, 6.45) is 0. The quantitative estimate of drug-likeness (QED) is 0.870. The third kappa shape index (κ3) is 4.03. The Hall–Kier alpha value is -2.40. The van der Waals surface area contributed by atoms with E-state index in [2.05, 4.69) is 4.98 Å². The molecule has 0 atom stereocenters. The Labute approximate surface area is 122 Å². The number of aryl methyl sites for hydroxylation is 1. The number of aromatic nitrogens is 1. The second-order valence-electron chi connectivity index (χ2n) is 4.85. The summed E-state index contributed by atoms with van der Waals surface area (Å²) in [5, 5.41) is 9.16. The first-order chi connectivity index (χ1) is 10.1. The van der Waals surface area contributed by atoms with Crippen molar-refractivity contribution in [3.05, 3.63) is 69.6 Å². The number of pyridine rings is 1. The molecule has 0 spiro atoms. The molecule has 0 saturated carbocycles. The van der Waals surface area contributed by atoms with Crippen molar-refractivity contribution in [3.8, 4) is 0 Å². The van der Waals surface area contributed by atoms with Crippen LogP contribution in [0.15, 0.2) is 47.3 Å². The van der Waals surface area contributed by atoms with Crippen molar-refractivity contribution in [1.29, 1.82) is 0 Å². The highest BCUT2D eigenvalue weighted by Gasteiger charge is 2.16. The fourth-order valence-electron chi connectivity index (χ4n) is 2.17. The molecule has 0 bridgehead atoms. The van der Waals surface area contributed by atoms with Crippen LogP contribution < -0.4 is 5.56 Å². The number of aliphatic hydroxyl groups is 1. The first kappa shape index (κ1) is 15.0. The van der Waals surface area contributed by atoms with Crippen LogP contribution in [-0.2, 0) is 6.54 Å². The maximum Gasteiger partial charge on any atom is 0.254 e. The molecule has 1 aromatic heterocycles. The Balaban J connectivity index is 2.24. The molecule has 2 aromatic rings. The van der Waals surface area contributed by atoms with Gasteiger partial charge in [0, 0.05) is 30.4 Å². The van der Waals surface area contributed by atoms with Gasteiger partial charge in [-0.05, 0) is 18.6 Å². The van der Waals surface area contributed by atoms with E-state index < -0.39 is 0 Å². The van der Waals surface area contributed by atoms with Crippen LogP contribution in [-0.4, -0.2) is 34.0 Å². The molecule has 21 heavy (non-hydrogen) atoms. The number of nitrogens with one attached hydrogen (secondary N) is 1. The molecule has 0 aliphatic rings. The van der Waals surface area contributed by atoms with Gasteiger partial charge in [-0.2, -0.15) is 0 Å². The van der Waals surface area contributed by atoms with E-state index in [0.29, 0.717) is 17.8 Å². The van der Waals surface area contributed by atoms with Gasteiger partial charge in [-0.3, -0.25) is 9.59 Å². The number of nitrogens with zero attached hydrogens (tertiary/aromatic N) is 1. The minimum atomic E-state index is -0.304. The van der Waals surface area contributed by atoms with E-state index in [1.165, 1.54) is 11.0 Å². The highest BCUT2D eigenvalue weighted by molar-refractivity contribution is 5.94. The van der Waals surface area contributed by atoms with Gasteiger partial charge in [0.25, 0.3) is 5.91 Å². The average Bonchev–Trinajstić information content (AvgIpc) is 2.46. The van der Waals surface area contributed by atoms with E-state index in [9.17, 15) is 9.59 Å². The Bertz CT molecular complexity index is 665. The molecule has 1 aromatic carbocycles. The van der Waals surface area contributed by atoms with Crippen molar-refractivity contribution in [3.63, 3.8) is 0 Å². The molecular formula is C16H18N2O3. The fraction of sp³-hybridized carbons (Fsp3) is 0.250. The topological polar surface area (TPSA) is 73.4 Å². The van der Waals surface area contributed by atoms with E-state index in [4.69, 9.17) is 5.11 Å². The minimum absolute atomic E-state index is 0.124. The van der Waals surface area contributed by atoms with Crippen molar-refractivity contribution >= 4 is 5.91 Å². The smallest absolute Gasteiger partial charge is 0.254 e. The number of aliphatic hydroxyl groups excluding tert-OH is 1. The fourth-order valence-corrected chi connectivity index (χ4v) is 2.17. The SMILES string of the molecule is Cc1cc(C(=O)N(CCO)Cc2ccccc2)cc(=O)[nH]1. The van der Waals surface area contributed by atoms with E-state index in [-0.39, 0.29) is 24.6 Å². The zero-order valence-corrected chi connectivity index (χ0v) is 11.9. The summed E-state index contributed by atoms with van der Waals surface area (Å²) in [7, 11) is 0. The monoisotopic (exact) mass is 286 g/mol. The Morgan fingerprint density at radius 2 is 1.95 bits per heavy atom. The lowest BCUT2D eigenvalue weighted by Gasteiger charge is -2.22. The molecule has 0 saturated heterocycles. The van der Waals surface area contributed by atoms with Crippen LogP contribution >= 0.6 is 0 Å². The Kier molecular flexibility index (Phi) is 4.90. The van der Waals surface area contributed by atoms with Gasteiger partial charge in [0.2, 0.25) is 5.56 Å². The third-order valence-corrected chi connectivity index (χ3v) is 3.10. The van der Waals surface area contributed by atoms with E-state index in [0.717, 1.165) is 5.56 Å². The average molecular weight is 286 g/mol. The largest absolute Gasteiger partial charge is 0.395 e. The summed E-state index contributed by atoms with van der Waals surface area (Å²) in [6.45, 7) is 2.22. The van der Waals surface area contributed by atoms with Gasteiger partial charge < -0.3 is 15.0 Å². The van der Waals surface area contributed by atoms with Gasteiger partial charge >= 0.3 is 0 Å². The van der Waals surface area contributed by atoms with Gasteiger partial charge in [0.1, 0.15) is 0 Å². The molecule has 2 N–H and O–H groups in total. The maximum atomic E-state index is 12.5. The molecule has 110 valence electrons. The van der Waals surface area contributed by atoms with Crippen molar-refractivity contribution in [2.24, 2.45) is 0 Å². The summed E-state index contributed by atoms with van der Waals surface area (Å²) in [5.74, 6) is -0.262. The number of carbonyl (C=O) groups excluding carboxylic acids is 1. The lowest BCUT2D eigenvalue weighted by Crippen LogP contribution is -2.33. The molecule has 2 rings (SSSR count). The number of rotatable bonds is 5. The number of carbonyl (C=O) groups is 1. The highest BCUT2D eigenvalue weighted by atomic mass is 16.3. The molecule has 0 aliphatic heterocycles. The predicted octanol–water partition coefficient (Wildman–Crippen LogP) is 1.32. The first-order valence-electron chi connectivity index (χ1n) is 6.75. The Morgan fingerprint density at radius 3 is 2.57 bits per heavy atom. The number of benzene rings is 1. The third-order valence-electron chi connectivity index (χ3n) is 3.10. The van der Waals surface area contributed by atoms with Crippen LogP contribution in [0.2, 0.25) is 0 Å². The number of H-pyrrole nitrogens is 1. The molecule has 5 nitrogen and oxygen atoms in total. The normalized spacial score (nSPS) is 10.4. The van der Waals surface area contributed by atoms with Gasteiger partial charge in [-0.1, -0.05) is 30.3 Å². The molecular weight excluding hydrogens is 268 g/mol. The predicted molar refractivity (Wildman–Crippen MR) is 80.1 cm³/mol. The summed E-state index contributed by atoms with van der Waals surface area (Å²) in [6, 6.07) is 12.5. The van der Waals surface area contributed by atoms with Gasteiger partial charge in [-0.15, -0.1) is 0 Å². The van der Waals surface area contributed by atoms with Crippen molar-refractivity contribution in [2.45, 2.75) is 13.5 Å². The van der Waals surface area contributed by atoms with Gasteiger partial charge in [-0.25, -0.2) is 0 Å². The summed E-state index contributed by atoms with van der Waals surface area (Å²) >= 11 is 0. The molecule has 0 radical (unpaired) electrons. The molecule has 1 heterocycles. The number of hydrogen-bond acceptors (Lipinski definition) is 3. The second kappa shape index (κ2) is 6.85. The van der Waals surface area contributed by atoms with Crippen LogP contribution in [0.1, 0.15) is 21.6 Å². The van der Waals surface area contributed by atoms with Crippen molar-refractivity contribution in [2.75, 3.05) is 13.2 Å². The van der Waals surface area contributed by atoms with Crippen molar-refractivity contribution in [1.82, 2.24) is 9.88 Å². The van der Waals surface area contributed by atoms with Gasteiger partial charge in [0.05, 0.1) is 6.61 Å². The van der Waals surface area contributed by atoms with Crippen LogP contribution in [0.4, 0.5) is 0 Å². The van der Waals surface area contributed by atoms with E-state index in [1.54, 1.807) is 13.0 Å². The van der Waals surface area contributed by atoms with Gasteiger partial charge in [0.15, 0.2) is 0 Å². The van der Waals surface area contributed by atoms with E-state index in [1.807, 2.05) is 30.3 Å². The number of hydrogen-bond donors (Lipinski definition) is 2. The molecule has 0 fully saturated rings. The number of amides is 1. The summed E-state index contributed by atoms with van der Waals surface area (Å²) in [5.41, 5.74) is 1.64. The van der Waals surface area contributed by atoms with Crippen molar-refractivity contribution < 1.29 is 9.90 Å². The first-order valence-corrected chi connectivity index (χ1v) is 6.75. The van der Waals surface area contributed by atoms with Crippen LogP contribution in [0.5, 0.6) is 0 Å². The zero-order chi connectivity index (χ0) is 15.2. The summed E-state index contributed by atoms with van der Waals surface area (Å²) in [4.78, 5) is 28.1. The van der Waals surface area contributed by atoms with E-state index >= 15 is 0 Å². The lowest BCUT2D eigenvalue weighted by molar-refractivity contribution is 0.0707. The number of aromatic amines is 1. The van der Waals surface area contributed by atoms with Crippen LogP contribution in [0.25, 0.3) is 0 Å². The minimum Gasteiger partial charge on any atom is -0.395 e.